The molecular weight excluding hydrogens is 530 g/mol. The highest BCUT2D eigenvalue weighted by atomic mass is 19.2. The van der Waals surface area contributed by atoms with Gasteiger partial charge in [-0.3, -0.25) is 24.0 Å². The average molecular weight is 553 g/mol. The Labute approximate surface area is 212 Å². The summed E-state index contributed by atoms with van der Waals surface area (Å²) in [5.74, 6) is -15.4. The second-order valence-electron chi connectivity index (χ2n) is 7.77. The number of esters is 4. The average Bonchev–Trinajstić information content (AvgIpc) is 2.80. The first-order valence-electron chi connectivity index (χ1n) is 10.7. The van der Waals surface area contributed by atoms with Gasteiger partial charge in [-0.05, 0) is 0 Å². The maximum atomic E-state index is 14.6. The number of carbonyl (C=O) groups is 5. The van der Waals surface area contributed by atoms with Crippen LogP contribution >= 0.6 is 0 Å². The minimum absolute atomic E-state index is 0.668. The van der Waals surface area contributed by atoms with E-state index in [0.29, 0.717) is 0 Å². The van der Waals surface area contributed by atoms with Crippen LogP contribution in [-0.2, 0) is 42.9 Å². The summed E-state index contributed by atoms with van der Waals surface area (Å²) in [5.41, 5.74) is -1.74. The van der Waals surface area contributed by atoms with Crippen LogP contribution in [0.5, 0.6) is 5.75 Å². The molecule has 1 heterocycles. The van der Waals surface area contributed by atoms with Crippen LogP contribution in [0.15, 0.2) is 0 Å². The Morgan fingerprint density at radius 2 is 1.26 bits per heavy atom. The van der Waals surface area contributed by atoms with Gasteiger partial charge in [0, 0.05) is 27.7 Å². The van der Waals surface area contributed by atoms with Gasteiger partial charge in [-0.25, -0.2) is 8.78 Å². The highest BCUT2D eigenvalue weighted by Crippen LogP contribution is 2.32. The number of carbonyl (C=O) groups excluding carboxylic acids is 5. The SMILES string of the molecule is COc1c(F)c(F)c(C(=O)N[C@H]2[C@@H](OC(C)=O)[C@@H](COC(C)=O)O[C@@H](OC(C)=O)[C@@H]2OC(C)=O)c(F)c1F. The van der Waals surface area contributed by atoms with Gasteiger partial charge in [0.2, 0.25) is 17.9 Å². The molecular formula is C22H23F4NO11. The monoisotopic (exact) mass is 553 g/mol. The van der Waals surface area contributed by atoms with Gasteiger partial charge in [0.05, 0.1) is 7.11 Å². The molecule has 0 spiro atoms. The topological polar surface area (TPSA) is 153 Å². The molecule has 1 aromatic carbocycles. The van der Waals surface area contributed by atoms with Crippen LogP contribution < -0.4 is 10.1 Å². The van der Waals surface area contributed by atoms with Crippen LogP contribution in [0.25, 0.3) is 0 Å². The van der Waals surface area contributed by atoms with Crippen LogP contribution in [0.4, 0.5) is 17.6 Å². The molecule has 0 saturated carbocycles. The molecule has 1 N–H and O–H groups in total. The van der Waals surface area contributed by atoms with E-state index in [2.05, 4.69) is 4.74 Å². The van der Waals surface area contributed by atoms with E-state index in [1.807, 2.05) is 5.32 Å². The van der Waals surface area contributed by atoms with Crippen molar-refractivity contribution in [2.75, 3.05) is 13.7 Å². The van der Waals surface area contributed by atoms with E-state index >= 15 is 0 Å². The van der Waals surface area contributed by atoms with Gasteiger partial charge >= 0.3 is 23.9 Å². The molecule has 1 aromatic rings. The van der Waals surface area contributed by atoms with Gasteiger partial charge in [-0.2, -0.15) is 8.78 Å². The van der Waals surface area contributed by atoms with Crippen molar-refractivity contribution in [3.63, 3.8) is 0 Å². The molecule has 0 unspecified atom stereocenters. The molecule has 1 amide bonds. The van der Waals surface area contributed by atoms with Gasteiger partial charge in [0.15, 0.2) is 29.6 Å². The summed E-state index contributed by atoms with van der Waals surface area (Å²) in [7, 11) is 0.730. The van der Waals surface area contributed by atoms with Crippen molar-refractivity contribution >= 4 is 29.8 Å². The highest BCUT2D eigenvalue weighted by molar-refractivity contribution is 5.95. The minimum atomic E-state index is -2.13. The van der Waals surface area contributed by atoms with Crippen molar-refractivity contribution in [3.05, 3.63) is 28.8 Å². The fourth-order valence-electron chi connectivity index (χ4n) is 3.55. The summed E-state index contributed by atoms with van der Waals surface area (Å²) in [6, 6.07) is -1.83. The number of methoxy groups -OCH3 is 1. The number of rotatable bonds is 8. The van der Waals surface area contributed by atoms with Crippen molar-refractivity contribution < 1.29 is 70.0 Å². The van der Waals surface area contributed by atoms with Crippen LogP contribution in [0, 0.1) is 23.3 Å². The first-order valence-corrected chi connectivity index (χ1v) is 10.7. The maximum Gasteiger partial charge on any atom is 0.305 e. The predicted octanol–water partition coefficient (Wildman–Crippen LogP) is 1.06. The van der Waals surface area contributed by atoms with E-state index < -0.39 is 102 Å². The van der Waals surface area contributed by atoms with Crippen molar-refractivity contribution in [1.29, 1.82) is 0 Å². The van der Waals surface area contributed by atoms with Gasteiger partial charge in [-0.1, -0.05) is 0 Å². The Hall–Kier alpha value is -3.95. The number of nitrogens with one attached hydrogen (secondary N) is 1. The number of ether oxygens (including phenoxy) is 6. The van der Waals surface area contributed by atoms with Gasteiger partial charge < -0.3 is 33.7 Å². The first-order chi connectivity index (χ1) is 17.7. The lowest BCUT2D eigenvalue weighted by molar-refractivity contribution is -0.277. The Bertz CT molecular complexity index is 1100. The van der Waals surface area contributed by atoms with Crippen LogP contribution in [0.2, 0.25) is 0 Å². The number of halogens is 4. The summed E-state index contributed by atoms with van der Waals surface area (Å²) in [4.78, 5) is 59.6. The Morgan fingerprint density at radius 1 is 0.763 bits per heavy atom. The maximum absolute atomic E-state index is 14.6. The fourth-order valence-corrected chi connectivity index (χ4v) is 3.55. The molecule has 1 saturated heterocycles. The fraction of sp³-hybridized carbons (Fsp3) is 0.500. The van der Waals surface area contributed by atoms with Crippen molar-refractivity contribution in [3.8, 4) is 5.75 Å². The molecule has 1 aliphatic heterocycles. The van der Waals surface area contributed by atoms with Gasteiger partial charge in [-0.15, -0.1) is 0 Å². The van der Waals surface area contributed by atoms with Crippen molar-refractivity contribution in [2.45, 2.75) is 58.3 Å². The van der Waals surface area contributed by atoms with Gasteiger partial charge in [0.25, 0.3) is 5.91 Å². The smallest absolute Gasteiger partial charge is 0.305 e. The number of hydrogen-bond donors (Lipinski definition) is 1. The summed E-state index contributed by atoms with van der Waals surface area (Å²) in [6.07, 6.45) is -6.90. The lowest BCUT2D eigenvalue weighted by Gasteiger charge is -2.44. The van der Waals surface area contributed by atoms with E-state index in [-0.39, 0.29) is 0 Å². The van der Waals surface area contributed by atoms with E-state index in [0.717, 1.165) is 34.8 Å². The largest absolute Gasteiger partial charge is 0.491 e. The third kappa shape index (κ3) is 6.87. The quantitative estimate of drug-likeness (QED) is 0.213. The molecule has 5 atom stereocenters. The first kappa shape index (κ1) is 30.3. The molecule has 0 aliphatic carbocycles. The molecule has 0 aromatic heterocycles. The minimum Gasteiger partial charge on any atom is -0.491 e. The highest BCUT2D eigenvalue weighted by Gasteiger charge is 2.52. The molecule has 210 valence electrons. The second kappa shape index (κ2) is 12.5. The molecule has 1 fully saturated rings. The normalized spacial score (nSPS) is 22.6. The molecule has 12 nitrogen and oxygen atoms in total. The zero-order valence-corrected chi connectivity index (χ0v) is 20.6. The number of amides is 1. The van der Waals surface area contributed by atoms with Crippen LogP contribution in [0.3, 0.4) is 0 Å². The van der Waals surface area contributed by atoms with E-state index in [4.69, 9.17) is 23.7 Å². The zero-order valence-electron chi connectivity index (χ0n) is 20.6. The molecule has 16 heteroatoms. The second-order valence-corrected chi connectivity index (χ2v) is 7.77. The summed E-state index contributed by atoms with van der Waals surface area (Å²) in [5, 5.41) is 1.98. The predicted molar refractivity (Wildman–Crippen MR) is 112 cm³/mol. The molecule has 0 radical (unpaired) electrons. The summed E-state index contributed by atoms with van der Waals surface area (Å²) in [6.45, 7) is 3.12. The number of benzene rings is 1. The van der Waals surface area contributed by atoms with Crippen LogP contribution in [-0.4, -0.2) is 74.1 Å². The Morgan fingerprint density at radius 3 is 1.71 bits per heavy atom. The van der Waals surface area contributed by atoms with Crippen molar-refractivity contribution in [2.24, 2.45) is 0 Å². The third-order valence-corrected chi connectivity index (χ3v) is 4.94. The standard InChI is InChI=1S/C22H23F4NO11/c1-7(28)34-6-11-18(35-8(2)29)17(20(36-9(3)30)22(38-11)37-10(4)31)27-21(32)12-13(23)15(25)19(33-5)16(26)14(12)24/h11,17-18,20,22H,6H2,1-5H3,(H,27,32)/t11-,17+,18+,20-,22-/m1/s1. The van der Waals surface area contributed by atoms with Crippen molar-refractivity contribution in [1.82, 2.24) is 5.32 Å². The van der Waals surface area contributed by atoms with Gasteiger partial charge in [0.1, 0.15) is 24.3 Å². The van der Waals surface area contributed by atoms with E-state index in [9.17, 15) is 41.5 Å². The molecule has 1 aliphatic rings. The molecule has 2 rings (SSSR count). The van der Waals surface area contributed by atoms with E-state index in [1.165, 1.54) is 0 Å². The lowest BCUT2D eigenvalue weighted by Crippen LogP contribution is -2.67. The lowest BCUT2D eigenvalue weighted by atomic mass is 9.94. The van der Waals surface area contributed by atoms with Crippen LogP contribution in [0.1, 0.15) is 38.1 Å². The number of hydrogen-bond acceptors (Lipinski definition) is 11. The zero-order chi connectivity index (χ0) is 28.9. The Kier molecular flexibility index (Phi) is 9.98. The molecule has 0 bridgehead atoms. The Balaban J connectivity index is 2.64. The molecule has 38 heavy (non-hydrogen) atoms. The summed E-state index contributed by atoms with van der Waals surface area (Å²) < 4.78 is 87.5. The third-order valence-electron chi connectivity index (χ3n) is 4.94. The summed E-state index contributed by atoms with van der Waals surface area (Å²) >= 11 is 0. The van der Waals surface area contributed by atoms with E-state index in [1.54, 1.807) is 0 Å².